The number of rotatable bonds is 6. The Morgan fingerprint density at radius 3 is 2.39 bits per heavy atom. The molecule has 0 saturated heterocycles. The van der Waals surface area contributed by atoms with Crippen LogP contribution < -0.4 is 10.3 Å². The molecule has 0 bridgehead atoms. The molecular weight excluding hydrogens is 384 g/mol. The topological polar surface area (TPSA) is 68.6 Å². The highest BCUT2D eigenvalue weighted by molar-refractivity contribution is 9.10. The van der Waals surface area contributed by atoms with Crippen molar-refractivity contribution in [2.24, 2.45) is 0 Å². The van der Waals surface area contributed by atoms with Crippen molar-refractivity contribution < 1.29 is 13.2 Å². The van der Waals surface area contributed by atoms with Crippen molar-refractivity contribution in [2.45, 2.75) is 11.4 Å². The van der Waals surface area contributed by atoms with Gasteiger partial charge in [0, 0.05) is 30.8 Å². The Hall–Kier alpha value is -1.64. The molecule has 1 aromatic carbocycles. The quantitative estimate of drug-likeness (QED) is 0.742. The maximum atomic E-state index is 12.0. The second-order valence-corrected chi connectivity index (χ2v) is 8.05. The molecule has 1 heterocycles. The summed E-state index contributed by atoms with van der Waals surface area (Å²) in [6.45, 7) is 0.701. The maximum absolute atomic E-state index is 12.0. The van der Waals surface area contributed by atoms with E-state index in [-0.39, 0.29) is 10.5 Å². The minimum atomic E-state index is -3.44. The van der Waals surface area contributed by atoms with Crippen LogP contribution in [0, 0.1) is 0 Å². The summed E-state index contributed by atoms with van der Waals surface area (Å²) in [4.78, 5) is 11.9. The average Bonchev–Trinajstić information content (AvgIpc) is 2.51. The van der Waals surface area contributed by atoms with E-state index in [2.05, 4.69) is 15.9 Å². The van der Waals surface area contributed by atoms with Gasteiger partial charge in [-0.05, 0) is 46.3 Å². The summed E-state index contributed by atoms with van der Waals surface area (Å²) < 4.78 is 33.0. The largest absolute Gasteiger partial charge is 0.492 e. The van der Waals surface area contributed by atoms with Crippen LogP contribution >= 0.6 is 15.9 Å². The van der Waals surface area contributed by atoms with Gasteiger partial charge < -0.3 is 9.30 Å². The molecular formula is C15H17BrN2O4S. The number of halogens is 1. The van der Waals surface area contributed by atoms with E-state index in [4.69, 9.17) is 4.74 Å². The number of benzene rings is 1. The molecule has 0 radical (unpaired) electrons. The molecule has 0 aliphatic heterocycles. The third kappa shape index (κ3) is 4.43. The van der Waals surface area contributed by atoms with Crippen LogP contribution in [-0.2, 0) is 16.6 Å². The van der Waals surface area contributed by atoms with Crippen molar-refractivity contribution in [3.05, 3.63) is 57.4 Å². The summed E-state index contributed by atoms with van der Waals surface area (Å²) in [5.41, 5.74) is -0.107. The van der Waals surface area contributed by atoms with E-state index in [1.807, 2.05) is 0 Å². The van der Waals surface area contributed by atoms with Gasteiger partial charge in [0.05, 0.1) is 11.4 Å². The number of nitrogens with zero attached hydrogens (tertiary/aromatic N) is 2. The van der Waals surface area contributed by atoms with Gasteiger partial charge in [-0.25, -0.2) is 12.7 Å². The Kier molecular flexibility index (Phi) is 5.61. The SMILES string of the molecule is CN(C)S(=O)(=O)c1ccc(OCCn2cc(Br)ccc2=O)cc1. The molecule has 0 aliphatic rings. The van der Waals surface area contributed by atoms with Crippen molar-refractivity contribution in [1.82, 2.24) is 8.87 Å². The van der Waals surface area contributed by atoms with Gasteiger partial charge in [0.1, 0.15) is 12.4 Å². The molecule has 0 spiro atoms. The Balaban J connectivity index is 2.00. The van der Waals surface area contributed by atoms with E-state index >= 15 is 0 Å². The summed E-state index contributed by atoms with van der Waals surface area (Å²) >= 11 is 3.31. The second-order valence-electron chi connectivity index (χ2n) is 4.99. The van der Waals surface area contributed by atoms with Crippen LogP contribution in [0.15, 0.2) is 56.8 Å². The summed E-state index contributed by atoms with van der Waals surface area (Å²) in [7, 11) is -0.477. The van der Waals surface area contributed by atoms with Gasteiger partial charge in [0.25, 0.3) is 5.56 Å². The maximum Gasteiger partial charge on any atom is 0.250 e. The smallest absolute Gasteiger partial charge is 0.250 e. The molecule has 2 rings (SSSR count). The lowest BCUT2D eigenvalue weighted by atomic mass is 10.3. The predicted molar refractivity (Wildman–Crippen MR) is 91.2 cm³/mol. The molecule has 0 saturated carbocycles. The van der Waals surface area contributed by atoms with Crippen molar-refractivity contribution in [2.75, 3.05) is 20.7 Å². The molecule has 23 heavy (non-hydrogen) atoms. The van der Waals surface area contributed by atoms with Gasteiger partial charge in [-0.2, -0.15) is 0 Å². The molecule has 0 N–H and O–H groups in total. The molecule has 0 fully saturated rings. The Bertz CT molecular complexity index is 829. The summed E-state index contributed by atoms with van der Waals surface area (Å²) in [6.07, 6.45) is 1.69. The van der Waals surface area contributed by atoms with E-state index < -0.39 is 10.0 Å². The van der Waals surface area contributed by atoms with Crippen molar-refractivity contribution >= 4 is 26.0 Å². The van der Waals surface area contributed by atoms with E-state index in [0.717, 1.165) is 8.78 Å². The summed E-state index contributed by atoms with van der Waals surface area (Å²) in [5.74, 6) is 0.547. The van der Waals surface area contributed by atoms with Crippen LogP contribution in [0.5, 0.6) is 5.75 Å². The zero-order chi connectivity index (χ0) is 17.0. The highest BCUT2D eigenvalue weighted by Crippen LogP contribution is 2.18. The molecule has 6 nitrogen and oxygen atoms in total. The third-order valence-electron chi connectivity index (χ3n) is 3.15. The molecule has 0 atom stereocenters. The minimum absolute atomic E-state index is 0.107. The van der Waals surface area contributed by atoms with Gasteiger partial charge in [-0.15, -0.1) is 0 Å². The minimum Gasteiger partial charge on any atom is -0.492 e. The highest BCUT2D eigenvalue weighted by atomic mass is 79.9. The van der Waals surface area contributed by atoms with Crippen LogP contribution in [0.4, 0.5) is 0 Å². The van der Waals surface area contributed by atoms with Crippen LogP contribution in [0.3, 0.4) is 0 Å². The fourth-order valence-electron chi connectivity index (χ4n) is 1.86. The molecule has 2 aromatic rings. The fourth-order valence-corrected chi connectivity index (χ4v) is 3.14. The van der Waals surface area contributed by atoms with Gasteiger partial charge in [-0.3, -0.25) is 4.79 Å². The van der Waals surface area contributed by atoms with Crippen molar-refractivity contribution in [3.8, 4) is 5.75 Å². The third-order valence-corrected chi connectivity index (χ3v) is 5.45. The number of sulfonamides is 1. The van der Waals surface area contributed by atoms with Gasteiger partial charge >= 0.3 is 0 Å². The van der Waals surface area contributed by atoms with E-state index in [1.165, 1.54) is 36.9 Å². The highest BCUT2D eigenvalue weighted by Gasteiger charge is 2.16. The van der Waals surface area contributed by atoms with Crippen LogP contribution in [0.25, 0.3) is 0 Å². The van der Waals surface area contributed by atoms with E-state index in [9.17, 15) is 13.2 Å². The zero-order valence-electron chi connectivity index (χ0n) is 12.8. The van der Waals surface area contributed by atoms with Crippen molar-refractivity contribution in [1.29, 1.82) is 0 Å². The van der Waals surface area contributed by atoms with Crippen LogP contribution in [-0.4, -0.2) is 38.0 Å². The first-order valence-corrected chi connectivity index (χ1v) is 9.05. The lowest BCUT2D eigenvalue weighted by molar-refractivity contribution is 0.296. The Labute approximate surface area is 143 Å². The Morgan fingerprint density at radius 1 is 1.13 bits per heavy atom. The van der Waals surface area contributed by atoms with Gasteiger partial charge in [0.15, 0.2) is 0 Å². The molecule has 0 aliphatic carbocycles. The first-order valence-electron chi connectivity index (χ1n) is 6.82. The summed E-state index contributed by atoms with van der Waals surface area (Å²) in [5, 5.41) is 0. The molecule has 124 valence electrons. The van der Waals surface area contributed by atoms with Crippen LogP contribution in [0.2, 0.25) is 0 Å². The number of aromatic nitrogens is 1. The van der Waals surface area contributed by atoms with Crippen molar-refractivity contribution in [3.63, 3.8) is 0 Å². The van der Waals surface area contributed by atoms with Gasteiger partial charge in [0.2, 0.25) is 10.0 Å². The zero-order valence-corrected chi connectivity index (χ0v) is 15.2. The Morgan fingerprint density at radius 2 is 1.78 bits per heavy atom. The molecule has 1 aromatic heterocycles. The molecule has 0 amide bonds. The van der Waals surface area contributed by atoms with Crippen LogP contribution in [0.1, 0.15) is 0 Å². The lowest BCUT2D eigenvalue weighted by Crippen LogP contribution is -2.22. The first kappa shape index (κ1) is 17.7. The predicted octanol–water partition coefficient (Wildman–Crippen LogP) is 1.94. The van der Waals surface area contributed by atoms with E-state index in [1.54, 1.807) is 24.4 Å². The monoisotopic (exact) mass is 400 g/mol. The summed E-state index contributed by atoms with van der Waals surface area (Å²) in [6, 6.07) is 9.35. The standard InChI is InChI=1S/C15H17BrN2O4S/c1-17(2)23(20,21)14-6-4-13(5-7-14)22-10-9-18-11-12(16)3-8-15(18)19/h3-8,11H,9-10H2,1-2H3. The van der Waals surface area contributed by atoms with E-state index in [0.29, 0.717) is 18.9 Å². The lowest BCUT2D eigenvalue weighted by Gasteiger charge is -2.12. The normalized spacial score (nSPS) is 11.7. The van der Waals surface area contributed by atoms with Gasteiger partial charge in [-0.1, -0.05) is 0 Å². The molecule has 0 unspecified atom stereocenters. The fraction of sp³-hybridized carbons (Fsp3) is 0.267. The second kappa shape index (κ2) is 7.29. The number of hydrogen-bond donors (Lipinski definition) is 0. The number of hydrogen-bond acceptors (Lipinski definition) is 4. The number of ether oxygens (including phenoxy) is 1. The average molecular weight is 401 g/mol. The first-order chi connectivity index (χ1) is 10.8. The number of pyridine rings is 1. The molecule has 8 heteroatoms.